The molecule has 0 bridgehead atoms. The number of quaternary nitrogens is 1. The van der Waals surface area contributed by atoms with Crippen molar-refractivity contribution in [3.05, 3.63) is 51.7 Å². The number of carbonyl (C=O) groups excluding carboxylic acids is 1. The van der Waals surface area contributed by atoms with E-state index in [0.717, 1.165) is 44.9 Å². The summed E-state index contributed by atoms with van der Waals surface area (Å²) in [6.45, 7) is 4.90. The number of fused-ring (bicyclic) bond motifs is 1. The Bertz CT molecular complexity index is 721. The number of amides is 1. The molecule has 2 heterocycles. The fourth-order valence-corrected chi connectivity index (χ4v) is 4.47. The van der Waals surface area contributed by atoms with Crippen LogP contribution in [0.4, 0.5) is 0 Å². The molecular formula is C20H25N2O2S+. The van der Waals surface area contributed by atoms with Crippen LogP contribution in [0.3, 0.4) is 0 Å². The van der Waals surface area contributed by atoms with E-state index in [4.69, 9.17) is 4.74 Å². The van der Waals surface area contributed by atoms with Gasteiger partial charge in [-0.25, -0.2) is 0 Å². The molecule has 132 valence electrons. The lowest BCUT2D eigenvalue weighted by atomic mass is 10.1. The molecule has 25 heavy (non-hydrogen) atoms. The van der Waals surface area contributed by atoms with E-state index in [0.29, 0.717) is 0 Å². The van der Waals surface area contributed by atoms with Crippen LogP contribution in [0.2, 0.25) is 0 Å². The number of hydrogen-bond acceptors (Lipinski definition) is 3. The summed E-state index contributed by atoms with van der Waals surface area (Å²) in [7, 11) is 0. The normalized spacial score (nSPS) is 17.5. The van der Waals surface area contributed by atoms with Gasteiger partial charge in [0.15, 0.2) is 6.61 Å². The van der Waals surface area contributed by atoms with Crippen LogP contribution in [0.5, 0.6) is 5.75 Å². The van der Waals surface area contributed by atoms with Crippen LogP contribution in [-0.4, -0.2) is 43.6 Å². The van der Waals surface area contributed by atoms with Crippen molar-refractivity contribution in [3.63, 3.8) is 0 Å². The van der Waals surface area contributed by atoms with Crippen molar-refractivity contribution >= 4 is 17.2 Å². The molecular weight excluding hydrogens is 332 g/mol. The van der Waals surface area contributed by atoms with E-state index >= 15 is 0 Å². The zero-order chi connectivity index (χ0) is 17.1. The molecule has 1 aliphatic heterocycles. The molecule has 5 heteroatoms. The number of hydrogen-bond donors (Lipinski definition) is 1. The third-order valence-corrected chi connectivity index (χ3v) is 6.02. The van der Waals surface area contributed by atoms with Gasteiger partial charge in [-0.05, 0) is 59.3 Å². The second-order valence-electron chi connectivity index (χ2n) is 7.01. The first kappa shape index (κ1) is 16.6. The summed E-state index contributed by atoms with van der Waals surface area (Å²) >= 11 is 1.75. The van der Waals surface area contributed by atoms with Crippen LogP contribution in [0.1, 0.15) is 23.1 Å². The fourth-order valence-electron chi connectivity index (χ4n) is 3.81. The Balaban J connectivity index is 1.24. The fraction of sp³-hybridized carbons (Fsp3) is 0.450. The van der Waals surface area contributed by atoms with E-state index in [-0.39, 0.29) is 12.5 Å². The van der Waals surface area contributed by atoms with Crippen molar-refractivity contribution in [1.29, 1.82) is 0 Å². The van der Waals surface area contributed by atoms with Gasteiger partial charge in [-0.15, -0.1) is 0 Å². The summed E-state index contributed by atoms with van der Waals surface area (Å²) in [6.07, 6.45) is 3.54. The maximum atomic E-state index is 12.4. The topological polar surface area (TPSA) is 34.0 Å². The lowest BCUT2D eigenvalue weighted by Gasteiger charge is -2.32. The summed E-state index contributed by atoms with van der Waals surface area (Å²) in [5.41, 5.74) is 4.22. The Morgan fingerprint density at radius 2 is 2.00 bits per heavy atom. The molecule has 1 aromatic carbocycles. The maximum absolute atomic E-state index is 12.4. The predicted molar refractivity (Wildman–Crippen MR) is 99.3 cm³/mol. The first-order valence-electron chi connectivity index (χ1n) is 9.15. The highest BCUT2D eigenvalue weighted by Crippen LogP contribution is 2.26. The largest absolute Gasteiger partial charge is 0.484 e. The Kier molecular flexibility index (Phi) is 5.04. The van der Waals surface area contributed by atoms with Crippen molar-refractivity contribution < 1.29 is 14.4 Å². The van der Waals surface area contributed by atoms with Gasteiger partial charge < -0.3 is 14.5 Å². The van der Waals surface area contributed by atoms with Gasteiger partial charge in [-0.1, -0.05) is 6.07 Å². The molecule has 0 spiro atoms. The van der Waals surface area contributed by atoms with E-state index in [2.05, 4.69) is 29.0 Å². The molecule has 4 nitrogen and oxygen atoms in total. The number of carbonyl (C=O) groups is 1. The average Bonchev–Trinajstić information content (AvgIpc) is 3.31. The van der Waals surface area contributed by atoms with Gasteiger partial charge in [0.25, 0.3) is 5.91 Å². The minimum atomic E-state index is 0.107. The van der Waals surface area contributed by atoms with Gasteiger partial charge in [0.1, 0.15) is 12.3 Å². The number of nitrogens with zero attached hydrogens (tertiary/aromatic N) is 1. The van der Waals surface area contributed by atoms with Gasteiger partial charge in [-0.2, -0.15) is 11.3 Å². The highest BCUT2D eigenvalue weighted by Gasteiger charge is 2.24. The number of piperazine rings is 1. The van der Waals surface area contributed by atoms with Crippen LogP contribution in [-0.2, 0) is 24.2 Å². The molecule has 0 unspecified atom stereocenters. The van der Waals surface area contributed by atoms with Crippen molar-refractivity contribution in [2.75, 3.05) is 32.8 Å². The molecule has 2 aliphatic rings. The molecule has 1 N–H and O–H groups in total. The number of ether oxygens (including phenoxy) is 1. The quantitative estimate of drug-likeness (QED) is 0.881. The van der Waals surface area contributed by atoms with Gasteiger partial charge in [0.2, 0.25) is 0 Å². The van der Waals surface area contributed by atoms with Crippen molar-refractivity contribution in [1.82, 2.24) is 4.90 Å². The lowest BCUT2D eigenvalue weighted by molar-refractivity contribution is -0.917. The molecule has 0 saturated carbocycles. The minimum Gasteiger partial charge on any atom is -0.484 e. The van der Waals surface area contributed by atoms with Gasteiger partial charge >= 0.3 is 0 Å². The van der Waals surface area contributed by atoms with E-state index in [9.17, 15) is 4.79 Å². The lowest BCUT2D eigenvalue weighted by Crippen LogP contribution is -3.13. The monoisotopic (exact) mass is 357 g/mol. The molecule has 1 saturated heterocycles. The second kappa shape index (κ2) is 7.58. The Morgan fingerprint density at radius 1 is 1.16 bits per heavy atom. The Labute approximate surface area is 153 Å². The van der Waals surface area contributed by atoms with Crippen molar-refractivity contribution in [3.8, 4) is 5.75 Å². The molecule has 1 fully saturated rings. The smallest absolute Gasteiger partial charge is 0.260 e. The third-order valence-electron chi connectivity index (χ3n) is 5.29. The van der Waals surface area contributed by atoms with Crippen LogP contribution >= 0.6 is 11.3 Å². The standard InChI is InChI=1S/C20H24N2O2S/c23-20(14-24-19-5-4-17-2-1-3-18(17)12-19)22-9-7-21(8-10-22)13-16-6-11-25-15-16/h4-6,11-12,15H,1-3,7-10,13-14H2/p+1. The zero-order valence-corrected chi connectivity index (χ0v) is 15.3. The number of rotatable bonds is 5. The van der Waals surface area contributed by atoms with Crippen LogP contribution in [0.25, 0.3) is 0 Å². The van der Waals surface area contributed by atoms with E-state index < -0.39 is 0 Å². The van der Waals surface area contributed by atoms with Crippen LogP contribution < -0.4 is 9.64 Å². The van der Waals surface area contributed by atoms with Gasteiger partial charge in [-0.3, -0.25) is 4.79 Å². The average molecular weight is 357 g/mol. The third kappa shape index (κ3) is 4.05. The first-order valence-corrected chi connectivity index (χ1v) is 10.1. The molecule has 2 aromatic rings. The minimum absolute atomic E-state index is 0.107. The second-order valence-corrected chi connectivity index (χ2v) is 7.79. The molecule has 1 amide bonds. The summed E-state index contributed by atoms with van der Waals surface area (Å²) in [5, 5.41) is 4.35. The van der Waals surface area contributed by atoms with Crippen LogP contribution in [0.15, 0.2) is 35.0 Å². The highest BCUT2D eigenvalue weighted by molar-refractivity contribution is 7.07. The molecule has 1 aliphatic carbocycles. The highest BCUT2D eigenvalue weighted by atomic mass is 32.1. The summed E-state index contributed by atoms with van der Waals surface area (Å²) < 4.78 is 5.76. The van der Waals surface area contributed by atoms with Crippen LogP contribution in [0, 0.1) is 0 Å². The van der Waals surface area contributed by atoms with Gasteiger partial charge in [0, 0.05) is 5.56 Å². The van der Waals surface area contributed by atoms with E-state index in [1.807, 2.05) is 11.0 Å². The molecule has 4 rings (SSSR count). The van der Waals surface area contributed by atoms with Gasteiger partial charge in [0.05, 0.1) is 26.2 Å². The summed E-state index contributed by atoms with van der Waals surface area (Å²) in [4.78, 5) is 15.9. The zero-order valence-electron chi connectivity index (χ0n) is 14.5. The van der Waals surface area contributed by atoms with E-state index in [1.165, 1.54) is 29.5 Å². The maximum Gasteiger partial charge on any atom is 0.260 e. The molecule has 0 atom stereocenters. The molecule has 0 radical (unpaired) electrons. The number of nitrogens with one attached hydrogen (secondary N) is 1. The number of benzene rings is 1. The Hall–Kier alpha value is -1.85. The number of thiophene rings is 1. The predicted octanol–water partition coefficient (Wildman–Crippen LogP) is 1.54. The SMILES string of the molecule is O=C(COc1ccc2c(c1)CCC2)N1CC[NH+](Cc2ccsc2)CC1. The summed E-state index contributed by atoms with van der Waals surface area (Å²) in [5.74, 6) is 0.936. The van der Waals surface area contributed by atoms with Crippen molar-refractivity contribution in [2.45, 2.75) is 25.8 Å². The summed E-state index contributed by atoms with van der Waals surface area (Å²) in [6, 6.07) is 8.45. The molecule has 1 aromatic heterocycles. The van der Waals surface area contributed by atoms with E-state index in [1.54, 1.807) is 16.2 Å². The van der Waals surface area contributed by atoms with Crippen molar-refractivity contribution in [2.24, 2.45) is 0 Å². The Morgan fingerprint density at radius 3 is 2.80 bits per heavy atom. The first-order chi connectivity index (χ1) is 12.3. The number of aryl methyl sites for hydroxylation is 2.